The van der Waals surface area contributed by atoms with Gasteiger partial charge in [0.1, 0.15) is 5.76 Å². The predicted molar refractivity (Wildman–Crippen MR) is 75.5 cm³/mol. The number of aromatic nitrogens is 1. The van der Waals surface area contributed by atoms with E-state index in [0.29, 0.717) is 11.6 Å². The van der Waals surface area contributed by atoms with Crippen LogP contribution in [0.25, 0.3) is 0 Å². The number of hydrogen-bond donors (Lipinski definition) is 2. The smallest absolute Gasteiger partial charge is 0.321 e. The number of benzene rings is 1. The van der Waals surface area contributed by atoms with Crippen molar-refractivity contribution in [1.29, 1.82) is 0 Å². The first-order valence-corrected chi connectivity index (χ1v) is 6.67. The number of carbonyl (C=O) groups is 1. The molecule has 1 aliphatic carbocycles. The van der Waals surface area contributed by atoms with Crippen LogP contribution in [0.15, 0.2) is 34.9 Å². The fourth-order valence-electron chi connectivity index (χ4n) is 2.27. The van der Waals surface area contributed by atoms with E-state index < -0.39 is 0 Å². The van der Waals surface area contributed by atoms with Crippen molar-refractivity contribution in [2.45, 2.75) is 32.2 Å². The zero-order valence-corrected chi connectivity index (χ0v) is 11.6. The summed E-state index contributed by atoms with van der Waals surface area (Å²) in [7, 11) is 0. The summed E-state index contributed by atoms with van der Waals surface area (Å²) >= 11 is 0. The molecule has 1 heterocycles. The molecule has 0 atom stereocenters. The third kappa shape index (κ3) is 2.52. The van der Waals surface area contributed by atoms with E-state index in [9.17, 15) is 4.79 Å². The summed E-state index contributed by atoms with van der Waals surface area (Å²) in [5.41, 5.74) is 2.14. The van der Waals surface area contributed by atoms with Gasteiger partial charge in [0.15, 0.2) is 5.82 Å². The van der Waals surface area contributed by atoms with E-state index in [2.05, 4.69) is 47.0 Å². The second kappa shape index (κ2) is 4.67. The summed E-state index contributed by atoms with van der Waals surface area (Å²) in [6.07, 6.45) is 1.92. The first kappa shape index (κ1) is 12.7. The number of aryl methyl sites for hydroxylation is 2. The second-order valence-corrected chi connectivity index (χ2v) is 5.35. The number of nitrogens with one attached hydrogen (secondary N) is 2. The number of carbonyl (C=O) groups excluding carboxylic acids is 1. The van der Waals surface area contributed by atoms with Gasteiger partial charge in [-0.1, -0.05) is 35.0 Å². The van der Waals surface area contributed by atoms with Crippen LogP contribution in [0, 0.1) is 13.8 Å². The Morgan fingerprint density at radius 1 is 1.25 bits per heavy atom. The van der Waals surface area contributed by atoms with Crippen molar-refractivity contribution in [3.05, 3.63) is 47.2 Å². The number of nitrogens with zero attached hydrogens (tertiary/aromatic N) is 1. The molecule has 5 heteroatoms. The summed E-state index contributed by atoms with van der Waals surface area (Å²) in [5.74, 6) is 1.10. The number of amides is 2. The van der Waals surface area contributed by atoms with Gasteiger partial charge in [0.2, 0.25) is 0 Å². The van der Waals surface area contributed by atoms with E-state index in [0.717, 1.165) is 18.4 Å². The molecule has 3 rings (SSSR count). The molecule has 2 N–H and O–H groups in total. The summed E-state index contributed by atoms with van der Waals surface area (Å²) < 4.78 is 4.92. The highest BCUT2D eigenvalue weighted by molar-refractivity contribution is 5.89. The molecule has 1 saturated carbocycles. The van der Waals surface area contributed by atoms with Crippen molar-refractivity contribution in [1.82, 2.24) is 10.5 Å². The molecule has 1 aromatic carbocycles. The zero-order valence-electron chi connectivity index (χ0n) is 11.6. The minimum atomic E-state index is -0.253. The molecule has 1 aliphatic rings. The van der Waals surface area contributed by atoms with Crippen molar-refractivity contribution >= 4 is 11.8 Å². The van der Waals surface area contributed by atoms with E-state index in [-0.39, 0.29) is 11.6 Å². The van der Waals surface area contributed by atoms with Gasteiger partial charge in [-0.3, -0.25) is 5.32 Å². The van der Waals surface area contributed by atoms with Crippen LogP contribution in [0.1, 0.15) is 29.7 Å². The summed E-state index contributed by atoms with van der Waals surface area (Å²) in [6, 6.07) is 9.71. The zero-order chi connectivity index (χ0) is 14.2. The SMILES string of the molecule is Cc1ccc(C2(NC(=O)Nc3cc(C)on3)CC2)cc1. The monoisotopic (exact) mass is 271 g/mol. The van der Waals surface area contributed by atoms with Gasteiger partial charge in [-0.25, -0.2) is 4.79 Å². The van der Waals surface area contributed by atoms with Crippen LogP contribution >= 0.6 is 0 Å². The second-order valence-electron chi connectivity index (χ2n) is 5.35. The average molecular weight is 271 g/mol. The van der Waals surface area contributed by atoms with Gasteiger partial charge in [-0.2, -0.15) is 0 Å². The molecule has 2 aromatic rings. The molecule has 0 radical (unpaired) electrons. The lowest BCUT2D eigenvalue weighted by Gasteiger charge is -2.18. The summed E-state index contributed by atoms with van der Waals surface area (Å²) in [5, 5.41) is 9.46. The number of urea groups is 1. The highest BCUT2D eigenvalue weighted by atomic mass is 16.5. The topological polar surface area (TPSA) is 67.2 Å². The molecule has 0 bridgehead atoms. The third-order valence-electron chi connectivity index (χ3n) is 3.58. The van der Waals surface area contributed by atoms with Gasteiger partial charge in [0.25, 0.3) is 0 Å². The fourth-order valence-corrected chi connectivity index (χ4v) is 2.27. The van der Waals surface area contributed by atoms with Crippen LogP contribution in [0.3, 0.4) is 0 Å². The predicted octanol–water partition coefficient (Wildman–Crippen LogP) is 3.10. The van der Waals surface area contributed by atoms with Crippen LogP contribution in [-0.2, 0) is 5.54 Å². The number of rotatable bonds is 3. The largest absolute Gasteiger partial charge is 0.360 e. The fraction of sp³-hybridized carbons (Fsp3) is 0.333. The molecular weight excluding hydrogens is 254 g/mol. The molecule has 0 unspecified atom stereocenters. The quantitative estimate of drug-likeness (QED) is 0.901. The Morgan fingerprint density at radius 3 is 2.50 bits per heavy atom. The van der Waals surface area contributed by atoms with E-state index in [4.69, 9.17) is 4.52 Å². The van der Waals surface area contributed by atoms with Gasteiger partial charge in [0, 0.05) is 6.07 Å². The van der Waals surface area contributed by atoms with Crippen LogP contribution in [0.2, 0.25) is 0 Å². The van der Waals surface area contributed by atoms with Crippen LogP contribution in [-0.4, -0.2) is 11.2 Å². The van der Waals surface area contributed by atoms with Crippen molar-refractivity contribution < 1.29 is 9.32 Å². The Kier molecular flexibility index (Phi) is 2.97. The van der Waals surface area contributed by atoms with Gasteiger partial charge in [-0.15, -0.1) is 0 Å². The number of hydrogen-bond acceptors (Lipinski definition) is 3. The lowest BCUT2D eigenvalue weighted by atomic mass is 10.0. The minimum absolute atomic E-state index is 0.226. The van der Waals surface area contributed by atoms with E-state index in [1.165, 1.54) is 5.56 Å². The van der Waals surface area contributed by atoms with Crippen molar-refractivity contribution in [2.24, 2.45) is 0 Å². The highest BCUT2D eigenvalue weighted by Gasteiger charge is 2.45. The molecule has 2 amide bonds. The van der Waals surface area contributed by atoms with Crippen molar-refractivity contribution in [3.8, 4) is 0 Å². The maximum absolute atomic E-state index is 12.0. The van der Waals surface area contributed by atoms with Gasteiger partial charge in [0.05, 0.1) is 5.54 Å². The standard InChI is InChI=1S/C15H17N3O2/c1-10-3-5-12(6-4-10)15(7-8-15)17-14(19)16-13-9-11(2)20-18-13/h3-6,9H,7-8H2,1-2H3,(H2,16,17,18,19). The minimum Gasteiger partial charge on any atom is -0.360 e. The van der Waals surface area contributed by atoms with Crippen LogP contribution in [0.4, 0.5) is 10.6 Å². The molecular formula is C15H17N3O2. The molecule has 0 aliphatic heterocycles. The normalized spacial score (nSPS) is 15.7. The molecule has 0 saturated heterocycles. The van der Waals surface area contributed by atoms with Crippen LogP contribution < -0.4 is 10.6 Å². The Balaban J connectivity index is 1.67. The van der Waals surface area contributed by atoms with Crippen molar-refractivity contribution in [3.63, 3.8) is 0 Å². The Bertz CT molecular complexity index is 627. The Labute approximate surface area is 117 Å². The maximum Gasteiger partial charge on any atom is 0.321 e. The van der Waals surface area contributed by atoms with E-state index >= 15 is 0 Å². The lowest BCUT2D eigenvalue weighted by molar-refractivity contribution is 0.247. The first-order chi connectivity index (χ1) is 9.57. The summed E-state index contributed by atoms with van der Waals surface area (Å²) in [4.78, 5) is 12.0. The maximum atomic E-state index is 12.0. The lowest BCUT2D eigenvalue weighted by Crippen LogP contribution is -2.38. The summed E-state index contributed by atoms with van der Waals surface area (Å²) in [6.45, 7) is 3.83. The molecule has 1 aromatic heterocycles. The Hall–Kier alpha value is -2.30. The molecule has 0 spiro atoms. The van der Waals surface area contributed by atoms with Gasteiger partial charge in [-0.05, 0) is 32.3 Å². The molecule has 104 valence electrons. The Morgan fingerprint density at radius 2 is 1.95 bits per heavy atom. The molecule has 1 fully saturated rings. The van der Waals surface area contributed by atoms with E-state index in [1.54, 1.807) is 13.0 Å². The third-order valence-corrected chi connectivity index (χ3v) is 3.58. The number of anilines is 1. The first-order valence-electron chi connectivity index (χ1n) is 6.67. The van der Waals surface area contributed by atoms with Crippen LogP contribution in [0.5, 0.6) is 0 Å². The van der Waals surface area contributed by atoms with Crippen molar-refractivity contribution in [2.75, 3.05) is 5.32 Å². The van der Waals surface area contributed by atoms with Gasteiger partial charge < -0.3 is 9.84 Å². The molecule has 5 nitrogen and oxygen atoms in total. The molecule has 20 heavy (non-hydrogen) atoms. The van der Waals surface area contributed by atoms with Gasteiger partial charge >= 0.3 is 6.03 Å². The van der Waals surface area contributed by atoms with E-state index in [1.807, 2.05) is 0 Å². The average Bonchev–Trinajstić information content (AvgIpc) is 3.06. The highest BCUT2D eigenvalue weighted by Crippen LogP contribution is 2.45.